The standard InChI is InChI=1S/2C10H7O2.Fe/c2*11-10(8-4-1-2-5-8)9-6-3-7-12-9;/h2*1-7H;. The van der Waals surface area contributed by atoms with Crippen molar-refractivity contribution in [2.24, 2.45) is 0 Å². The van der Waals surface area contributed by atoms with Gasteiger partial charge in [-0.15, -0.1) is 0 Å². The summed E-state index contributed by atoms with van der Waals surface area (Å²) in [7, 11) is 0. The average Bonchev–Trinajstić information content (AvgIpc) is 3.51. The predicted octanol–water partition coefficient (Wildman–Crippen LogP) is 5.07. The van der Waals surface area contributed by atoms with Gasteiger partial charge in [0.2, 0.25) is 0 Å². The molecule has 0 N–H and O–H groups in total. The van der Waals surface area contributed by atoms with Crippen LogP contribution in [0.3, 0.4) is 0 Å². The Morgan fingerprint density at radius 3 is 1.44 bits per heavy atom. The van der Waals surface area contributed by atoms with Crippen molar-refractivity contribution in [3.05, 3.63) is 48.3 Å². The molecule has 0 aromatic carbocycles. The predicted molar refractivity (Wildman–Crippen MR) is 81.5 cm³/mol. The first kappa shape index (κ1) is 9.94. The van der Waals surface area contributed by atoms with Crippen LogP contribution in [0.1, 0.15) is 21.1 Å². The molecular weight excluding hydrogens is 360 g/mol. The Morgan fingerprint density at radius 1 is 0.760 bits per heavy atom. The van der Waals surface area contributed by atoms with E-state index in [1.165, 1.54) is 0 Å². The molecule has 0 bridgehead atoms. The number of furan rings is 2. The molecule has 0 amide bonds. The number of rotatable bonds is 4. The number of ketones is 2. The molecule has 0 radical (unpaired) electrons. The molecule has 10 aliphatic rings. The van der Waals surface area contributed by atoms with E-state index in [1.807, 2.05) is 24.3 Å². The zero-order valence-corrected chi connectivity index (χ0v) is 14.2. The first-order chi connectivity index (χ1) is 12.0. The summed E-state index contributed by atoms with van der Waals surface area (Å²) in [6.45, 7) is -4.13. The van der Waals surface area contributed by atoms with Crippen LogP contribution in [0.5, 0.6) is 0 Å². The van der Waals surface area contributed by atoms with E-state index in [4.69, 9.17) is 8.83 Å². The van der Waals surface area contributed by atoms with Crippen LogP contribution in [0, 0.1) is 0 Å². The topological polar surface area (TPSA) is 60.4 Å². The van der Waals surface area contributed by atoms with Crippen LogP contribution < -0.4 is 0 Å². The fourth-order valence-electron chi connectivity index (χ4n) is 19.0. The van der Waals surface area contributed by atoms with E-state index in [0.29, 0.717) is 42.4 Å². The maximum absolute atomic E-state index is 13.7. The Bertz CT molecular complexity index is 1450. The molecule has 12 rings (SSSR count). The Kier molecular flexibility index (Phi) is 0.414. The fraction of sp³-hybridized carbons (Fsp3) is 0.500. The second-order valence-electron chi connectivity index (χ2n) is 12.4. The van der Waals surface area contributed by atoms with E-state index in [0.717, 1.165) is 19.3 Å². The molecule has 2 aromatic heterocycles. The zero-order valence-electron chi connectivity index (χ0n) is 13.1. The molecule has 10 saturated heterocycles. The second-order valence-corrected chi connectivity index (χ2v) is 35.6. The van der Waals surface area contributed by atoms with Crippen molar-refractivity contribution < 1.29 is 24.9 Å². The van der Waals surface area contributed by atoms with Crippen molar-refractivity contribution in [2.75, 3.05) is 0 Å². The van der Waals surface area contributed by atoms with Gasteiger partial charge in [-0.2, -0.15) is 0 Å². The molecule has 10 fully saturated rings. The van der Waals surface area contributed by atoms with Crippen LogP contribution in [0.4, 0.5) is 0 Å². The molecule has 0 aliphatic carbocycles. The number of carbonyl (C=O) groups excluding carboxylic acids is 2. The molecule has 12 heterocycles. The summed E-state index contributed by atoms with van der Waals surface area (Å²) < 4.78 is 11.1. The van der Waals surface area contributed by atoms with Crippen LogP contribution in [-0.2, 0) is 6.51 Å². The third-order valence-corrected chi connectivity index (χ3v) is 59.7. The second kappa shape index (κ2) is 1.04. The normalized spacial score (nSPS) is 87.5. The van der Waals surface area contributed by atoms with E-state index < -0.39 is 6.51 Å². The third-order valence-electron chi connectivity index (χ3n) is 17.0. The number of hydrogen-bond acceptors (Lipinski definition) is 4. The van der Waals surface area contributed by atoms with Gasteiger partial charge >= 0.3 is 132 Å². The fourth-order valence-corrected chi connectivity index (χ4v) is 94.3. The van der Waals surface area contributed by atoms with E-state index in [1.54, 1.807) is 12.5 Å². The van der Waals surface area contributed by atoms with Gasteiger partial charge in [-0.25, -0.2) is 0 Å². The van der Waals surface area contributed by atoms with Crippen LogP contribution in [0.2, 0.25) is 47.2 Å². The minimum atomic E-state index is -4.13. The molecule has 0 saturated carbocycles. The van der Waals surface area contributed by atoms with Gasteiger partial charge in [0.15, 0.2) is 0 Å². The Morgan fingerprint density at radius 2 is 1.16 bits per heavy atom. The summed E-state index contributed by atoms with van der Waals surface area (Å²) in [5.41, 5.74) is 0. The Labute approximate surface area is 132 Å². The van der Waals surface area contributed by atoms with Crippen molar-refractivity contribution >= 4 is 11.6 Å². The Hall–Kier alpha value is -1.58. The number of hydrogen-bond donors (Lipinski definition) is 0. The molecule has 8 atom stereocenters. The van der Waals surface area contributed by atoms with Gasteiger partial charge in [0.25, 0.3) is 0 Å². The van der Waals surface area contributed by atoms with E-state index in [9.17, 15) is 9.59 Å². The molecule has 25 heavy (non-hydrogen) atoms. The average molecular weight is 374 g/mol. The maximum atomic E-state index is 13.7. The van der Waals surface area contributed by atoms with Crippen molar-refractivity contribution in [3.63, 3.8) is 0 Å². The molecule has 5 heteroatoms. The molecule has 126 valence electrons. The van der Waals surface area contributed by atoms with Gasteiger partial charge in [-0.1, -0.05) is 0 Å². The summed E-state index contributed by atoms with van der Waals surface area (Å²) in [5, 5.41) is 0. The first-order valence-electron chi connectivity index (χ1n) is 9.34. The third kappa shape index (κ3) is 0.140. The molecule has 1 spiro atoms. The van der Waals surface area contributed by atoms with Gasteiger partial charge in [-0.05, 0) is 0 Å². The molecule has 10 aliphatic heterocycles. The summed E-state index contributed by atoms with van der Waals surface area (Å²) in [6.07, 6.45) is 3.25. The number of Topliss-reactive ketones (excluding diaryl/α,β-unsaturated/α-hetero) is 2. The Balaban J connectivity index is 1.30. The first-order valence-corrected chi connectivity index (χ1v) is 15.5. The van der Waals surface area contributed by atoms with Crippen LogP contribution in [0.15, 0.2) is 45.6 Å². The van der Waals surface area contributed by atoms with E-state index >= 15 is 0 Å². The van der Waals surface area contributed by atoms with Crippen molar-refractivity contribution in [1.82, 2.24) is 0 Å². The summed E-state index contributed by atoms with van der Waals surface area (Å²) in [5.74, 6) is 1.81. The van der Waals surface area contributed by atoms with Crippen molar-refractivity contribution in [2.45, 2.75) is 47.2 Å². The summed E-state index contributed by atoms with van der Waals surface area (Å²) in [4.78, 5) is 33.7. The monoisotopic (exact) mass is 374 g/mol. The minimum absolute atomic E-state index is 0.0332. The molecule has 8 unspecified atom stereocenters. The van der Waals surface area contributed by atoms with Gasteiger partial charge in [-0.3, -0.25) is 0 Å². The van der Waals surface area contributed by atoms with Gasteiger partial charge < -0.3 is 0 Å². The zero-order chi connectivity index (χ0) is 15.9. The van der Waals surface area contributed by atoms with E-state index in [2.05, 4.69) is 0 Å². The van der Waals surface area contributed by atoms with Gasteiger partial charge in [0, 0.05) is 0 Å². The van der Waals surface area contributed by atoms with Gasteiger partial charge in [0.05, 0.1) is 0 Å². The summed E-state index contributed by atoms with van der Waals surface area (Å²) in [6, 6.07) is 7.38. The van der Waals surface area contributed by atoms with Gasteiger partial charge in [0.1, 0.15) is 0 Å². The molecule has 2 aromatic rings. The molecule has 4 nitrogen and oxygen atoms in total. The summed E-state index contributed by atoms with van der Waals surface area (Å²) >= 11 is 0. The quantitative estimate of drug-likeness (QED) is 0.554. The number of fused-ring (bicyclic) bond motifs is 10. The van der Waals surface area contributed by atoms with E-state index in [-0.39, 0.29) is 8.63 Å². The van der Waals surface area contributed by atoms with Crippen molar-refractivity contribution in [3.8, 4) is 0 Å². The SMILES string of the molecule is O=C(c1ccco1)[C]12[CH]3[CH]4[CH]5[CH]1[Fe]45321678[CH]2[CH]1[CH]6[C]7(C(=O)c1ccco1)[CH]28. The molecular formula is C20H14FeO4. The van der Waals surface area contributed by atoms with Crippen LogP contribution in [0.25, 0.3) is 0 Å². The van der Waals surface area contributed by atoms with Crippen LogP contribution in [-0.4, -0.2) is 11.6 Å². The van der Waals surface area contributed by atoms with Crippen molar-refractivity contribution in [1.29, 1.82) is 0 Å². The number of carbonyl (C=O) groups is 2. The van der Waals surface area contributed by atoms with Crippen LogP contribution >= 0.6 is 0 Å².